The fraction of sp³-hybridized carbons (Fsp3) is 0.278. The van der Waals surface area contributed by atoms with Crippen LogP contribution in [0, 0.1) is 13.8 Å². The van der Waals surface area contributed by atoms with Gasteiger partial charge >= 0.3 is 5.97 Å². The smallest absolute Gasteiger partial charge is 0.335 e. The topological polar surface area (TPSA) is 83.9 Å². The number of anilines is 1. The third kappa shape index (κ3) is 2.84. The van der Waals surface area contributed by atoms with Gasteiger partial charge in [-0.1, -0.05) is 6.07 Å². The molecule has 0 aromatic heterocycles. The Morgan fingerprint density at radius 2 is 1.80 bits per heavy atom. The number of rotatable bonds is 4. The van der Waals surface area contributed by atoms with Gasteiger partial charge < -0.3 is 9.84 Å². The first-order chi connectivity index (χ1) is 11.8. The van der Waals surface area contributed by atoms with Crippen LogP contribution in [0.2, 0.25) is 0 Å². The van der Waals surface area contributed by atoms with Crippen molar-refractivity contribution in [2.45, 2.75) is 25.2 Å². The number of carboxylic acids is 1. The molecule has 0 unspecified atom stereocenters. The summed E-state index contributed by atoms with van der Waals surface area (Å²) in [6.45, 7) is 3.76. The number of fused-ring (bicyclic) bond motifs is 1. The normalized spacial score (nSPS) is 13.6. The zero-order valence-electron chi connectivity index (χ0n) is 14.2. The maximum absolute atomic E-state index is 13.3. The molecule has 0 amide bonds. The Bertz CT molecular complexity index is 942. The minimum absolute atomic E-state index is 0.0732. The number of hydrogen-bond donors (Lipinski definition) is 1. The Morgan fingerprint density at radius 1 is 1.16 bits per heavy atom. The van der Waals surface area contributed by atoms with Crippen LogP contribution in [0.15, 0.2) is 35.2 Å². The lowest BCUT2D eigenvalue weighted by molar-refractivity contribution is 0.0697. The van der Waals surface area contributed by atoms with Crippen molar-refractivity contribution in [3.63, 3.8) is 0 Å². The lowest BCUT2D eigenvalue weighted by Crippen LogP contribution is -2.30. The van der Waals surface area contributed by atoms with Gasteiger partial charge in [-0.25, -0.2) is 13.2 Å². The predicted octanol–water partition coefficient (Wildman–Crippen LogP) is 2.76. The molecule has 0 aliphatic carbocycles. The highest BCUT2D eigenvalue weighted by molar-refractivity contribution is 7.93. The maximum Gasteiger partial charge on any atom is 0.335 e. The van der Waals surface area contributed by atoms with Crippen LogP contribution < -0.4 is 9.04 Å². The minimum Gasteiger partial charge on any atom is -0.497 e. The summed E-state index contributed by atoms with van der Waals surface area (Å²) in [7, 11) is -2.26. The van der Waals surface area contributed by atoms with E-state index in [1.165, 1.54) is 23.5 Å². The van der Waals surface area contributed by atoms with Crippen molar-refractivity contribution in [3.8, 4) is 5.75 Å². The van der Waals surface area contributed by atoms with E-state index in [1.54, 1.807) is 32.0 Å². The predicted molar refractivity (Wildman–Crippen MR) is 94.1 cm³/mol. The van der Waals surface area contributed by atoms with Gasteiger partial charge in [0.05, 0.1) is 23.3 Å². The summed E-state index contributed by atoms with van der Waals surface area (Å²) in [4.78, 5) is 11.5. The quantitative estimate of drug-likeness (QED) is 0.905. The zero-order chi connectivity index (χ0) is 18.4. The molecule has 2 aromatic rings. The summed E-state index contributed by atoms with van der Waals surface area (Å²) in [6, 6.07) is 7.98. The van der Waals surface area contributed by atoms with Gasteiger partial charge in [-0.15, -0.1) is 0 Å². The molecular formula is C18H19NO5S. The Kier molecular flexibility index (Phi) is 4.20. The third-order valence-corrected chi connectivity index (χ3v) is 6.52. The molecule has 0 fully saturated rings. The van der Waals surface area contributed by atoms with Gasteiger partial charge in [-0.3, -0.25) is 4.31 Å². The number of nitrogens with zero attached hydrogens (tertiary/aromatic N) is 1. The van der Waals surface area contributed by atoms with E-state index >= 15 is 0 Å². The average molecular weight is 361 g/mol. The van der Waals surface area contributed by atoms with Crippen molar-refractivity contribution < 1.29 is 23.1 Å². The summed E-state index contributed by atoms with van der Waals surface area (Å²) >= 11 is 0. The second-order valence-electron chi connectivity index (χ2n) is 6.07. The third-order valence-electron chi connectivity index (χ3n) is 4.40. The molecule has 0 saturated heterocycles. The number of benzene rings is 2. The average Bonchev–Trinajstić information content (AvgIpc) is 2.97. The standard InChI is InChI=1S/C18H19NO5S/c1-11-8-15(24-3)9-12(2)17(11)25(22,23)19-7-6-13-4-5-14(18(20)21)10-16(13)19/h4-5,8-10H,6-7H2,1-3H3,(H,20,21). The molecule has 0 bridgehead atoms. The molecule has 0 saturated carbocycles. The van der Waals surface area contributed by atoms with E-state index in [2.05, 4.69) is 0 Å². The molecular weight excluding hydrogens is 342 g/mol. The van der Waals surface area contributed by atoms with Crippen LogP contribution in [0.4, 0.5) is 5.69 Å². The number of sulfonamides is 1. The van der Waals surface area contributed by atoms with E-state index in [0.717, 1.165) is 5.56 Å². The number of carboxylic acid groups (broad SMARTS) is 1. The van der Waals surface area contributed by atoms with E-state index in [-0.39, 0.29) is 10.5 Å². The van der Waals surface area contributed by atoms with E-state index in [0.29, 0.717) is 35.5 Å². The van der Waals surface area contributed by atoms with Gasteiger partial charge in [-0.2, -0.15) is 0 Å². The first kappa shape index (κ1) is 17.3. The molecule has 7 heteroatoms. The van der Waals surface area contributed by atoms with E-state index in [4.69, 9.17) is 4.74 Å². The lowest BCUT2D eigenvalue weighted by Gasteiger charge is -2.22. The van der Waals surface area contributed by atoms with Crippen LogP contribution >= 0.6 is 0 Å². The number of hydrogen-bond acceptors (Lipinski definition) is 4. The Balaban J connectivity index is 2.13. The molecule has 25 heavy (non-hydrogen) atoms. The van der Waals surface area contributed by atoms with E-state index in [9.17, 15) is 18.3 Å². The monoisotopic (exact) mass is 361 g/mol. The number of carbonyl (C=O) groups is 1. The minimum atomic E-state index is -3.80. The maximum atomic E-state index is 13.3. The summed E-state index contributed by atoms with van der Waals surface area (Å²) in [5.74, 6) is -0.479. The van der Waals surface area contributed by atoms with Gasteiger partial charge in [0.2, 0.25) is 0 Å². The SMILES string of the molecule is COc1cc(C)c(S(=O)(=O)N2CCc3ccc(C(=O)O)cc32)c(C)c1. The van der Waals surface area contributed by atoms with Crippen LogP contribution in [0.5, 0.6) is 5.75 Å². The Hall–Kier alpha value is -2.54. The van der Waals surface area contributed by atoms with Gasteiger partial charge in [0.25, 0.3) is 10.0 Å². The molecule has 0 atom stereocenters. The molecule has 3 rings (SSSR count). The van der Waals surface area contributed by atoms with Crippen molar-refractivity contribution in [1.82, 2.24) is 0 Å². The number of methoxy groups -OCH3 is 1. The first-order valence-electron chi connectivity index (χ1n) is 7.80. The molecule has 0 radical (unpaired) electrons. The number of ether oxygens (including phenoxy) is 1. The number of aromatic carboxylic acids is 1. The first-order valence-corrected chi connectivity index (χ1v) is 9.24. The second-order valence-corrected chi connectivity index (χ2v) is 7.87. The highest BCUT2D eigenvalue weighted by Gasteiger charge is 2.33. The van der Waals surface area contributed by atoms with E-state index < -0.39 is 16.0 Å². The molecule has 1 N–H and O–H groups in total. The fourth-order valence-corrected chi connectivity index (χ4v) is 5.19. The van der Waals surface area contributed by atoms with Crippen molar-refractivity contribution in [2.24, 2.45) is 0 Å². The summed E-state index contributed by atoms with van der Waals surface area (Å²) in [6.07, 6.45) is 0.558. The Labute approximate surface area is 146 Å². The molecule has 0 spiro atoms. The van der Waals surface area contributed by atoms with Crippen LogP contribution in [0.1, 0.15) is 27.0 Å². The molecule has 2 aromatic carbocycles. The molecule has 1 aliphatic rings. The second kappa shape index (κ2) is 6.07. The molecule has 1 aliphatic heterocycles. The largest absolute Gasteiger partial charge is 0.497 e. The van der Waals surface area contributed by atoms with Crippen LogP contribution in [-0.4, -0.2) is 33.1 Å². The van der Waals surface area contributed by atoms with Gasteiger partial charge in [0.15, 0.2) is 0 Å². The van der Waals surface area contributed by atoms with Crippen molar-refractivity contribution in [2.75, 3.05) is 18.0 Å². The van der Waals surface area contributed by atoms with Gasteiger partial charge in [-0.05, 0) is 61.2 Å². The van der Waals surface area contributed by atoms with Crippen molar-refractivity contribution in [3.05, 3.63) is 52.6 Å². The number of aryl methyl sites for hydroxylation is 2. The van der Waals surface area contributed by atoms with Crippen molar-refractivity contribution in [1.29, 1.82) is 0 Å². The highest BCUT2D eigenvalue weighted by atomic mass is 32.2. The van der Waals surface area contributed by atoms with Crippen molar-refractivity contribution >= 4 is 21.7 Å². The van der Waals surface area contributed by atoms with Crippen LogP contribution in [0.25, 0.3) is 0 Å². The summed E-state index contributed by atoms with van der Waals surface area (Å²) in [5, 5.41) is 9.19. The van der Waals surface area contributed by atoms with Gasteiger partial charge in [0, 0.05) is 6.54 Å². The summed E-state index contributed by atoms with van der Waals surface area (Å²) in [5.41, 5.74) is 2.54. The van der Waals surface area contributed by atoms with E-state index in [1.807, 2.05) is 0 Å². The molecule has 6 nitrogen and oxygen atoms in total. The fourth-order valence-electron chi connectivity index (χ4n) is 3.28. The summed E-state index contributed by atoms with van der Waals surface area (Å²) < 4.78 is 33.0. The zero-order valence-corrected chi connectivity index (χ0v) is 15.1. The molecule has 132 valence electrons. The highest BCUT2D eigenvalue weighted by Crippen LogP contribution is 2.36. The van der Waals surface area contributed by atoms with Crippen LogP contribution in [-0.2, 0) is 16.4 Å². The Morgan fingerprint density at radius 3 is 2.36 bits per heavy atom. The lowest BCUT2D eigenvalue weighted by atomic mass is 10.1. The van der Waals surface area contributed by atoms with Gasteiger partial charge in [0.1, 0.15) is 5.75 Å². The molecule has 1 heterocycles. The van der Waals surface area contributed by atoms with Crippen LogP contribution in [0.3, 0.4) is 0 Å².